The predicted octanol–water partition coefficient (Wildman–Crippen LogP) is 5.18. The van der Waals surface area contributed by atoms with Crippen molar-refractivity contribution in [2.75, 3.05) is 13.1 Å². The highest BCUT2D eigenvalue weighted by Crippen LogP contribution is 2.14. The van der Waals surface area contributed by atoms with E-state index in [0.29, 0.717) is 0 Å². The molecule has 0 aliphatic heterocycles. The quantitative estimate of drug-likeness (QED) is 0.191. The van der Waals surface area contributed by atoms with Crippen molar-refractivity contribution in [3.63, 3.8) is 0 Å². The summed E-state index contributed by atoms with van der Waals surface area (Å²) in [5, 5.41) is 2.54. The van der Waals surface area contributed by atoms with Crippen LogP contribution >= 0.6 is 0 Å². The largest absolute Gasteiger partial charge is 1.00 e. The van der Waals surface area contributed by atoms with Gasteiger partial charge in [-0.15, -0.1) is 0 Å². The van der Waals surface area contributed by atoms with E-state index >= 15 is 0 Å². The van der Waals surface area contributed by atoms with Crippen LogP contribution in [0.5, 0.6) is 0 Å². The average molecular weight is 463 g/mol. The van der Waals surface area contributed by atoms with E-state index in [1.54, 1.807) is 0 Å². The van der Waals surface area contributed by atoms with Crippen LogP contribution in [0.3, 0.4) is 0 Å². The van der Waals surface area contributed by atoms with E-state index in [1.807, 2.05) is 0 Å². The first kappa shape index (κ1) is 30.6. The minimum Gasteiger partial charge on any atom is -1.00 e. The molecule has 0 fully saturated rings. The van der Waals surface area contributed by atoms with Crippen LogP contribution < -0.4 is 22.3 Å². The molecule has 0 bridgehead atoms. The molecule has 0 amide bonds. The summed E-state index contributed by atoms with van der Waals surface area (Å²) in [6, 6.07) is 0. The second-order valence-electron chi connectivity index (χ2n) is 8.94. The van der Waals surface area contributed by atoms with Crippen LogP contribution in [0.25, 0.3) is 0 Å². The average Bonchev–Trinajstić information content (AvgIpc) is 2.68. The number of halogens is 1. The van der Waals surface area contributed by atoms with Crippen LogP contribution in [0.2, 0.25) is 0 Å². The summed E-state index contributed by atoms with van der Waals surface area (Å²) in [6.45, 7) is 7.32. The molecule has 2 N–H and O–H groups in total. The van der Waals surface area contributed by atoms with E-state index < -0.39 is 0 Å². The molecule has 0 spiro atoms. The smallest absolute Gasteiger partial charge is 0.0755 e. The minimum absolute atomic E-state index is 0. The minimum atomic E-state index is 0. The normalized spacial score (nSPS) is 10.9. The van der Waals surface area contributed by atoms with Gasteiger partial charge in [-0.05, 0) is 25.7 Å². The van der Waals surface area contributed by atoms with Gasteiger partial charge in [-0.2, -0.15) is 0 Å². The van der Waals surface area contributed by atoms with Gasteiger partial charge in [-0.25, -0.2) is 0 Å². The molecule has 0 aromatic rings. The van der Waals surface area contributed by atoms with Crippen LogP contribution in [0.15, 0.2) is 0 Å². The molecule has 0 aliphatic rings. The Balaban J connectivity index is 0. The van der Waals surface area contributed by atoms with Gasteiger partial charge in [0.2, 0.25) is 0 Å². The first-order valence-electron chi connectivity index (χ1n) is 13.2. The van der Waals surface area contributed by atoms with Crippen LogP contribution in [0.1, 0.15) is 155 Å². The molecule has 2 heteroatoms. The molecule has 0 heterocycles. The molecule has 0 aliphatic carbocycles. The van der Waals surface area contributed by atoms with Gasteiger partial charge in [0, 0.05) is 0 Å². The summed E-state index contributed by atoms with van der Waals surface area (Å²) in [4.78, 5) is 0. The summed E-state index contributed by atoms with van der Waals surface area (Å²) in [6.07, 6.45) is 32.1. The first-order chi connectivity index (χ1) is 13.4. The lowest BCUT2D eigenvalue weighted by Crippen LogP contribution is -3.00. The molecule has 0 aromatic carbocycles. The molecule has 0 saturated heterocycles. The third kappa shape index (κ3) is 28.6. The molecule has 0 radical (unpaired) electrons. The highest BCUT2D eigenvalue weighted by atomic mass is 79.9. The van der Waals surface area contributed by atoms with Crippen LogP contribution in [-0.2, 0) is 0 Å². The van der Waals surface area contributed by atoms with Crippen LogP contribution in [0, 0.1) is 0 Å². The van der Waals surface area contributed by atoms with E-state index in [2.05, 4.69) is 19.2 Å². The third-order valence-electron chi connectivity index (χ3n) is 6.02. The molecule has 0 rings (SSSR count). The zero-order valence-electron chi connectivity index (χ0n) is 19.9. The molecule has 1 nitrogen and oxygen atoms in total. The Hall–Kier alpha value is 0.440. The van der Waals surface area contributed by atoms with Gasteiger partial charge in [0.25, 0.3) is 0 Å². The topological polar surface area (TPSA) is 16.6 Å². The van der Waals surface area contributed by atoms with Crippen molar-refractivity contribution in [1.82, 2.24) is 0 Å². The number of hydrogen-bond donors (Lipinski definition) is 1. The molecular formula is C26H56BrN. The standard InChI is InChI=1S/C26H55N.BrH/c1-3-5-7-9-10-11-12-13-14-15-16-17-18-19-20-21-22-24-26-27-25-23-8-6-4-2;/h27H,3-26H2,1-2H3;1H. The fraction of sp³-hybridized carbons (Fsp3) is 1.00. The van der Waals surface area contributed by atoms with Crippen molar-refractivity contribution < 1.29 is 22.3 Å². The predicted molar refractivity (Wildman–Crippen MR) is 125 cm³/mol. The Morgan fingerprint density at radius 1 is 0.321 bits per heavy atom. The Morgan fingerprint density at radius 2 is 0.536 bits per heavy atom. The highest BCUT2D eigenvalue weighted by molar-refractivity contribution is 4.50. The second-order valence-corrected chi connectivity index (χ2v) is 8.94. The third-order valence-corrected chi connectivity index (χ3v) is 6.02. The summed E-state index contributed by atoms with van der Waals surface area (Å²) < 4.78 is 0. The van der Waals surface area contributed by atoms with Crippen molar-refractivity contribution in [2.45, 2.75) is 155 Å². The van der Waals surface area contributed by atoms with E-state index in [-0.39, 0.29) is 17.0 Å². The molecule has 28 heavy (non-hydrogen) atoms. The fourth-order valence-corrected chi connectivity index (χ4v) is 4.05. The number of nitrogens with two attached hydrogens (primary N) is 1. The second kappa shape index (κ2) is 29.6. The Bertz CT molecular complexity index is 221. The maximum atomic E-state index is 2.54. The van der Waals surface area contributed by atoms with E-state index in [4.69, 9.17) is 0 Å². The van der Waals surface area contributed by atoms with Crippen molar-refractivity contribution in [2.24, 2.45) is 0 Å². The lowest BCUT2D eigenvalue weighted by Gasteiger charge is -2.04. The van der Waals surface area contributed by atoms with E-state index in [1.165, 1.54) is 154 Å². The summed E-state index contributed by atoms with van der Waals surface area (Å²) in [7, 11) is 0. The number of quaternary nitrogens is 1. The Morgan fingerprint density at radius 3 is 0.821 bits per heavy atom. The van der Waals surface area contributed by atoms with Crippen LogP contribution in [0.4, 0.5) is 0 Å². The van der Waals surface area contributed by atoms with Crippen molar-refractivity contribution in [1.29, 1.82) is 0 Å². The van der Waals surface area contributed by atoms with E-state index in [9.17, 15) is 0 Å². The summed E-state index contributed by atoms with van der Waals surface area (Å²) in [5.74, 6) is 0. The van der Waals surface area contributed by atoms with Crippen molar-refractivity contribution in [3.05, 3.63) is 0 Å². The van der Waals surface area contributed by atoms with Gasteiger partial charge in [0.1, 0.15) is 0 Å². The van der Waals surface area contributed by atoms with Gasteiger partial charge >= 0.3 is 0 Å². The highest BCUT2D eigenvalue weighted by Gasteiger charge is 1.96. The molecule has 0 aromatic heterocycles. The van der Waals surface area contributed by atoms with Gasteiger partial charge in [0.05, 0.1) is 13.1 Å². The SMILES string of the molecule is CCCCCCCCCCCCCCCCCCCC[NH2+]CCCCCC.[Br-]. The zero-order valence-corrected chi connectivity index (χ0v) is 21.5. The summed E-state index contributed by atoms with van der Waals surface area (Å²) >= 11 is 0. The molecule has 172 valence electrons. The monoisotopic (exact) mass is 461 g/mol. The maximum Gasteiger partial charge on any atom is 0.0755 e. The molecular weight excluding hydrogens is 406 g/mol. The van der Waals surface area contributed by atoms with Gasteiger partial charge < -0.3 is 22.3 Å². The van der Waals surface area contributed by atoms with E-state index in [0.717, 1.165) is 0 Å². The maximum absolute atomic E-state index is 2.54. The Labute approximate surface area is 190 Å². The number of hydrogen-bond acceptors (Lipinski definition) is 0. The molecule has 0 unspecified atom stereocenters. The molecule has 0 atom stereocenters. The van der Waals surface area contributed by atoms with Crippen molar-refractivity contribution in [3.8, 4) is 0 Å². The fourth-order valence-electron chi connectivity index (χ4n) is 4.05. The van der Waals surface area contributed by atoms with Gasteiger partial charge in [0.15, 0.2) is 0 Å². The first-order valence-corrected chi connectivity index (χ1v) is 13.2. The lowest BCUT2D eigenvalue weighted by molar-refractivity contribution is -0.655. The number of unbranched alkanes of at least 4 members (excludes halogenated alkanes) is 20. The molecule has 0 saturated carbocycles. The van der Waals surface area contributed by atoms with Crippen LogP contribution in [-0.4, -0.2) is 13.1 Å². The van der Waals surface area contributed by atoms with Gasteiger partial charge in [-0.3, -0.25) is 0 Å². The number of rotatable bonds is 24. The van der Waals surface area contributed by atoms with Crippen molar-refractivity contribution >= 4 is 0 Å². The Kier molecular flexibility index (Phi) is 32.4. The zero-order chi connectivity index (χ0) is 19.7. The lowest BCUT2D eigenvalue weighted by atomic mass is 10.0. The summed E-state index contributed by atoms with van der Waals surface area (Å²) in [5.41, 5.74) is 0. The van der Waals surface area contributed by atoms with Gasteiger partial charge in [-0.1, -0.05) is 129 Å².